The Kier molecular flexibility index (Phi) is 5.15. The molecule has 5 heteroatoms. The van der Waals surface area contributed by atoms with Crippen molar-refractivity contribution in [1.82, 2.24) is 0 Å². The van der Waals surface area contributed by atoms with Crippen LogP contribution >= 0.6 is 11.6 Å². The lowest BCUT2D eigenvalue weighted by atomic mass is 10.0. The Balaban J connectivity index is 2.30. The van der Waals surface area contributed by atoms with Gasteiger partial charge < -0.3 is 10.5 Å². The third kappa shape index (κ3) is 3.93. The Morgan fingerprint density at radius 1 is 1.19 bits per heavy atom. The lowest BCUT2D eigenvalue weighted by Crippen LogP contribution is -2.21. The van der Waals surface area contributed by atoms with E-state index in [1.54, 1.807) is 18.2 Å². The molecule has 0 aromatic heterocycles. The van der Waals surface area contributed by atoms with Crippen LogP contribution in [0.1, 0.15) is 18.9 Å². The number of nitrogens with two attached hydrogens (primary N) is 1. The molecule has 0 amide bonds. The highest BCUT2D eigenvalue weighted by atomic mass is 35.5. The van der Waals surface area contributed by atoms with Crippen molar-refractivity contribution in [2.45, 2.75) is 25.8 Å². The zero-order valence-electron chi connectivity index (χ0n) is 11.6. The van der Waals surface area contributed by atoms with Crippen molar-refractivity contribution in [3.8, 4) is 11.5 Å². The zero-order chi connectivity index (χ0) is 15.4. The van der Waals surface area contributed by atoms with Gasteiger partial charge in [-0.15, -0.1) is 0 Å². The van der Waals surface area contributed by atoms with Gasteiger partial charge in [0.1, 0.15) is 11.5 Å². The summed E-state index contributed by atoms with van der Waals surface area (Å²) in [7, 11) is 0. The van der Waals surface area contributed by atoms with Gasteiger partial charge in [-0.25, -0.2) is 8.78 Å². The van der Waals surface area contributed by atoms with E-state index in [2.05, 4.69) is 0 Å². The number of benzene rings is 2. The molecule has 2 aromatic carbocycles. The summed E-state index contributed by atoms with van der Waals surface area (Å²) in [5.41, 5.74) is 6.72. The minimum atomic E-state index is -0.957. The molecule has 0 saturated carbocycles. The van der Waals surface area contributed by atoms with Crippen LogP contribution in [-0.4, -0.2) is 6.04 Å². The fourth-order valence-corrected chi connectivity index (χ4v) is 2.15. The van der Waals surface area contributed by atoms with Gasteiger partial charge in [-0.1, -0.05) is 24.6 Å². The number of rotatable bonds is 5. The molecule has 2 nitrogen and oxygen atoms in total. The second-order valence-electron chi connectivity index (χ2n) is 4.77. The molecule has 1 atom stereocenters. The average molecular weight is 312 g/mol. The van der Waals surface area contributed by atoms with Crippen LogP contribution in [0.25, 0.3) is 0 Å². The van der Waals surface area contributed by atoms with E-state index < -0.39 is 11.6 Å². The Labute approximate surface area is 127 Å². The summed E-state index contributed by atoms with van der Waals surface area (Å²) in [6.45, 7) is 1.98. The summed E-state index contributed by atoms with van der Waals surface area (Å²) in [5.74, 6) is -1.16. The van der Waals surface area contributed by atoms with Gasteiger partial charge in [-0.05, 0) is 37.1 Å². The fourth-order valence-electron chi connectivity index (χ4n) is 1.91. The van der Waals surface area contributed by atoms with Gasteiger partial charge in [0.05, 0.1) is 0 Å². The lowest BCUT2D eigenvalue weighted by Gasteiger charge is -2.15. The van der Waals surface area contributed by atoms with Gasteiger partial charge in [0.2, 0.25) is 0 Å². The normalized spacial score (nSPS) is 12.2. The van der Waals surface area contributed by atoms with Crippen LogP contribution in [0.2, 0.25) is 5.02 Å². The first kappa shape index (κ1) is 15.7. The monoisotopic (exact) mass is 311 g/mol. The third-order valence-corrected chi connectivity index (χ3v) is 3.54. The van der Waals surface area contributed by atoms with Crippen LogP contribution in [0, 0.1) is 11.6 Å². The molecule has 0 saturated heterocycles. The standard InChI is InChI=1S/C16H16ClF2NO/c1-2-10(20)8-12-13(17)4-3-5-16(12)21-11-6-7-14(18)15(19)9-11/h3-7,9-10H,2,8,20H2,1H3. The van der Waals surface area contributed by atoms with Gasteiger partial charge >= 0.3 is 0 Å². The zero-order valence-corrected chi connectivity index (χ0v) is 12.3. The van der Waals surface area contributed by atoms with E-state index in [0.717, 1.165) is 24.1 Å². The van der Waals surface area contributed by atoms with Crippen LogP contribution in [0.15, 0.2) is 36.4 Å². The van der Waals surface area contributed by atoms with Crippen LogP contribution in [0.5, 0.6) is 11.5 Å². The van der Waals surface area contributed by atoms with Crippen molar-refractivity contribution >= 4 is 11.6 Å². The number of halogens is 3. The molecule has 2 rings (SSSR count). The molecule has 0 spiro atoms. The Morgan fingerprint density at radius 2 is 1.95 bits per heavy atom. The largest absolute Gasteiger partial charge is 0.457 e. The SMILES string of the molecule is CCC(N)Cc1c(Cl)cccc1Oc1ccc(F)c(F)c1. The molecule has 21 heavy (non-hydrogen) atoms. The van der Waals surface area contributed by atoms with Crippen molar-refractivity contribution < 1.29 is 13.5 Å². The van der Waals surface area contributed by atoms with Crippen molar-refractivity contribution in [1.29, 1.82) is 0 Å². The second kappa shape index (κ2) is 6.87. The highest BCUT2D eigenvalue weighted by Crippen LogP contribution is 2.32. The molecule has 0 aliphatic heterocycles. The quantitative estimate of drug-likeness (QED) is 0.869. The lowest BCUT2D eigenvalue weighted by molar-refractivity contribution is 0.455. The summed E-state index contributed by atoms with van der Waals surface area (Å²) in [6, 6.07) is 8.55. The van der Waals surface area contributed by atoms with Crippen LogP contribution in [0.4, 0.5) is 8.78 Å². The van der Waals surface area contributed by atoms with E-state index in [-0.39, 0.29) is 11.8 Å². The molecule has 1 unspecified atom stereocenters. The van der Waals surface area contributed by atoms with E-state index in [1.165, 1.54) is 6.07 Å². The smallest absolute Gasteiger partial charge is 0.162 e. The van der Waals surface area contributed by atoms with Crippen LogP contribution in [-0.2, 0) is 6.42 Å². The first-order chi connectivity index (χ1) is 10.0. The van der Waals surface area contributed by atoms with Crippen molar-refractivity contribution in [2.24, 2.45) is 5.73 Å². The second-order valence-corrected chi connectivity index (χ2v) is 5.17. The van der Waals surface area contributed by atoms with E-state index in [0.29, 0.717) is 17.2 Å². The van der Waals surface area contributed by atoms with Crippen molar-refractivity contribution in [2.75, 3.05) is 0 Å². The van der Waals surface area contributed by atoms with E-state index >= 15 is 0 Å². The molecule has 0 radical (unpaired) electrons. The van der Waals surface area contributed by atoms with Gasteiger partial charge in [0, 0.05) is 22.7 Å². The van der Waals surface area contributed by atoms with Gasteiger partial charge in [0.15, 0.2) is 11.6 Å². The summed E-state index contributed by atoms with van der Waals surface area (Å²) >= 11 is 6.18. The van der Waals surface area contributed by atoms with Crippen molar-refractivity contribution in [3.05, 3.63) is 58.6 Å². The molecule has 2 aromatic rings. The molecule has 0 aliphatic rings. The molecular weight excluding hydrogens is 296 g/mol. The topological polar surface area (TPSA) is 35.2 Å². The molecule has 0 aliphatic carbocycles. The summed E-state index contributed by atoms with van der Waals surface area (Å²) in [6.07, 6.45) is 1.35. The highest BCUT2D eigenvalue weighted by molar-refractivity contribution is 6.31. The average Bonchev–Trinajstić information content (AvgIpc) is 2.46. The highest BCUT2D eigenvalue weighted by Gasteiger charge is 2.13. The minimum Gasteiger partial charge on any atom is -0.457 e. The van der Waals surface area contributed by atoms with E-state index in [9.17, 15) is 8.78 Å². The minimum absolute atomic E-state index is 0.0443. The number of ether oxygens (including phenoxy) is 1. The summed E-state index contributed by atoms with van der Waals surface area (Å²) in [5, 5.41) is 0.541. The maximum Gasteiger partial charge on any atom is 0.162 e. The van der Waals surface area contributed by atoms with Gasteiger partial charge in [-0.3, -0.25) is 0 Å². The van der Waals surface area contributed by atoms with Gasteiger partial charge in [0.25, 0.3) is 0 Å². The number of hydrogen-bond acceptors (Lipinski definition) is 2. The first-order valence-corrected chi connectivity index (χ1v) is 7.05. The Hall–Kier alpha value is -1.65. The predicted molar refractivity (Wildman–Crippen MR) is 79.9 cm³/mol. The van der Waals surface area contributed by atoms with E-state index in [1.807, 2.05) is 6.92 Å². The van der Waals surface area contributed by atoms with Crippen molar-refractivity contribution in [3.63, 3.8) is 0 Å². The third-order valence-electron chi connectivity index (χ3n) is 3.19. The van der Waals surface area contributed by atoms with Crippen LogP contribution in [0.3, 0.4) is 0 Å². The first-order valence-electron chi connectivity index (χ1n) is 6.67. The number of hydrogen-bond donors (Lipinski definition) is 1. The molecule has 112 valence electrons. The fraction of sp³-hybridized carbons (Fsp3) is 0.250. The predicted octanol–water partition coefficient (Wildman–Crippen LogP) is 4.69. The van der Waals surface area contributed by atoms with Crippen LogP contribution < -0.4 is 10.5 Å². The molecule has 2 N–H and O–H groups in total. The molecule has 0 fully saturated rings. The Morgan fingerprint density at radius 3 is 2.62 bits per heavy atom. The van der Waals surface area contributed by atoms with Gasteiger partial charge in [-0.2, -0.15) is 0 Å². The Bertz CT molecular complexity index is 634. The molecule has 0 heterocycles. The maximum atomic E-state index is 13.2. The van der Waals surface area contributed by atoms with E-state index in [4.69, 9.17) is 22.1 Å². The molecule has 0 bridgehead atoms. The molecular formula is C16H16ClF2NO. The maximum absolute atomic E-state index is 13.2. The summed E-state index contributed by atoms with van der Waals surface area (Å²) in [4.78, 5) is 0. The summed E-state index contributed by atoms with van der Waals surface area (Å²) < 4.78 is 31.8.